The van der Waals surface area contributed by atoms with E-state index in [0.717, 1.165) is 6.42 Å². The van der Waals surface area contributed by atoms with E-state index in [1.165, 1.54) is 0 Å². The van der Waals surface area contributed by atoms with Gasteiger partial charge in [-0.2, -0.15) is 25.3 Å². The van der Waals surface area contributed by atoms with Crippen LogP contribution in [-0.2, 0) is 0 Å². The Morgan fingerprint density at radius 2 is 2.33 bits per heavy atom. The molecular weight excluding hydrogens is 112 g/mol. The molecule has 0 saturated heterocycles. The van der Waals surface area contributed by atoms with E-state index in [0.29, 0.717) is 5.25 Å². The summed E-state index contributed by atoms with van der Waals surface area (Å²) < 4.78 is 0. The summed E-state index contributed by atoms with van der Waals surface area (Å²) in [5.74, 6) is 1.82. The Kier molecular flexibility index (Phi) is 4.33. The summed E-state index contributed by atoms with van der Waals surface area (Å²) >= 11 is 7.98. The van der Waals surface area contributed by atoms with Gasteiger partial charge in [-0.3, -0.25) is 0 Å². The zero-order valence-corrected chi connectivity index (χ0v) is 5.55. The Hall–Kier alpha value is 0.700. The molecule has 0 aliphatic carbocycles. The summed E-state index contributed by atoms with van der Waals surface area (Å²) in [6.07, 6.45) is 0.978. The van der Waals surface area contributed by atoms with Gasteiger partial charge in [0.15, 0.2) is 0 Å². The highest BCUT2D eigenvalue weighted by Crippen LogP contribution is 2.02. The molecule has 0 aromatic heterocycles. The van der Waals surface area contributed by atoms with Crippen molar-refractivity contribution in [2.45, 2.75) is 18.6 Å². The van der Waals surface area contributed by atoms with Crippen LogP contribution in [-0.4, -0.2) is 5.25 Å². The summed E-state index contributed by atoms with van der Waals surface area (Å²) in [6, 6.07) is 0. The third-order valence-electron chi connectivity index (χ3n) is 0.447. The molecule has 0 fully saturated rings. The van der Waals surface area contributed by atoms with Gasteiger partial charge in [-0.05, 0) is 11.7 Å². The number of hydrogen-bond donors (Lipinski definition) is 2. The first kappa shape index (κ1) is 6.70. The summed E-state index contributed by atoms with van der Waals surface area (Å²) in [6.45, 7) is 2.04. The van der Waals surface area contributed by atoms with E-state index >= 15 is 0 Å². The number of rotatable bonds is 2. The average molecular weight is 121 g/mol. The molecule has 0 aromatic rings. The van der Waals surface area contributed by atoms with Crippen LogP contribution in [0.1, 0.15) is 13.3 Å². The minimum Gasteiger partial charge on any atom is -0.176 e. The van der Waals surface area contributed by atoms with E-state index in [1.807, 2.05) is 12.7 Å². The van der Waals surface area contributed by atoms with Gasteiger partial charge in [0.05, 0.1) is 0 Å². The van der Waals surface area contributed by atoms with E-state index in [-0.39, 0.29) is 0 Å². The maximum atomic E-state index is 4.10. The maximum absolute atomic E-state index is 4.10. The van der Waals surface area contributed by atoms with Crippen molar-refractivity contribution in [3.63, 3.8) is 0 Å². The minimum atomic E-state index is 0.461. The molecule has 0 aliphatic heterocycles. The second-order valence-electron chi connectivity index (χ2n) is 1.27. The highest BCUT2D eigenvalue weighted by atomic mass is 32.1. The van der Waals surface area contributed by atoms with E-state index < -0.39 is 0 Å². The quantitative estimate of drug-likeness (QED) is 0.511. The van der Waals surface area contributed by atoms with Gasteiger partial charge in [0.1, 0.15) is 0 Å². The molecule has 0 spiro atoms. The highest BCUT2D eigenvalue weighted by Gasteiger charge is 1.87. The van der Waals surface area contributed by atoms with Crippen molar-refractivity contribution in [2.75, 3.05) is 0 Å². The molecule has 6 heavy (non-hydrogen) atoms. The third-order valence-corrected chi connectivity index (χ3v) is 0.868. The lowest BCUT2D eigenvalue weighted by molar-refractivity contribution is 0.977. The topological polar surface area (TPSA) is 0 Å². The van der Waals surface area contributed by atoms with Gasteiger partial charge in [0.25, 0.3) is 0 Å². The van der Waals surface area contributed by atoms with E-state index in [9.17, 15) is 0 Å². The van der Waals surface area contributed by atoms with Crippen molar-refractivity contribution >= 4 is 25.3 Å². The van der Waals surface area contributed by atoms with Crippen molar-refractivity contribution in [1.82, 2.24) is 0 Å². The van der Waals surface area contributed by atoms with Crippen molar-refractivity contribution in [3.05, 3.63) is 5.75 Å². The Morgan fingerprint density at radius 3 is 2.33 bits per heavy atom. The molecule has 1 unspecified atom stereocenters. The van der Waals surface area contributed by atoms with Crippen LogP contribution in [0, 0.1) is 5.75 Å². The van der Waals surface area contributed by atoms with Crippen LogP contribution in [0.25, 0.3) is 0 Å². The Morgan fingerprint density at radius 1 is 1.83 bits per heavy atom. The molecule has 1 radical (unpaired) electrons. The van der Waals surface area contributed by atoms with Gasteiger partial charge >= 0.3 is 0 Å². The molecule has 0 amide bonds. The lowest BCUT2D eigenvalue weighted by atomic mass is 10.4. The predicted molar refractivity (Wildman–Crippen MR) is 36.4 cm³/mol. The second kappa shape index (κ2) is 3.88. The summed E-state index contributed by atoms with van der Waals surface area (Å²) in [7, 11) is 0. The fourth-order valence-corrected chi connectivity index (χ4v) is 0.740. The normalized spacial score (nSPS) is 14.5. The van der Waals surface area contributed by atoms with Crippen molar-refractivity contribution in [2.24, 2.45) is 0 Å². The predicted octanol–water partition coefficient (Wildman–Crippen LogP) is 1.79. The smallest absolute Gasteiger partial charge is 0.0144 e. The van der Waals surface area contributed by atoms with Crippen LogP contribution in [0.2, 0.25) is 0 Å². The van der Waals surface area contributed by atoms with Crippen LogP contribution < -0.4 is 0 Å². The summed E-state index contributed by atoms with van der Waals surface area (Å²) in [5.41, 5.74) is 0. The maximum Gasteiger partial charge on any atom is 0.0144 e. The van der Waals surface area contributed by atoms with Gasteiger partial charge < -0.3 is 0 Å². The zero-order valence-electron chi connectivity index (χ0n) is 3.76. The molecule has 0 saturated carbocycles. The first-order valence-electron chi connectivity index (χ1n) is 1.91. The minimum absolute atomic E-state index is 0.461. The highest BCUT2D eigenvalue weighted by molar-refractivity contribution is 7.82. The van der Waals surface area contributed by atoms with Crippen LogP contribution >= 0.6 is 25.3 Å². The van der Waals surface area contributed by atoms with Crippen molar-refractivity contribution < 1.29 is 0 Å². The molecule has 2 heteroatoms. The standard InChI is InChI=1S/C4H9S2/c1-4(6)2-3-5/h3-6H,2H2,1H3. The number of hydrogen-bond acceptors (Lipinski definition) is 2. The molecule has 0 rings (SSSR count). The van der Waals surface area contributed by atoms with Crippen LogP contribution in [0.15, 0.2) is 0 Å². The van der Waals surface area contributed by atoms with E-state index in [1.54, 1.807) is 0 Å². The molecule has 0 aromatic carbocycles. The first-order chi connectivity index (χ1) is 2.77. The molecule has 1 atom stereocenters. The van der Waals surface area contributed by atoms with Gasteiger partial charge in [-0.25, -0.2) is 0 Å². The summed E-state index contributed by atoms with van der Waals surface area (Å²) in [4.78, 5) is 0. The van der Waals surface area contributed by atoms with E-state index in [2.05, 4.69) is 25.3 Å². The lowest BCUT2D eigenvalue weighted by Gasteiger charge is -1.94. The summed E-state index contributed by atoms with van der Waals surface area (Å²) in [5, 5.41) is 0.461. The average Bonchev–Trinajstić information content (AvgIpc) is 1.35. The van der Waals surface area contributed by atoms with Gasteiger partial charge in [0, 0.05) is 5.75 Å². The lowest BCUT2D eigenvalue weighted by Crippen LogP contribution is -1.85. The molecule has 0 heterocycles. The Labute approximate surface area is 50.1 Å². The molecule has 0 aliphatic rings. The molecule has 37 valence electrons. The monoisotopic (exact) mass is 121 g/mol. The molecular formula is C4H9S2. The van der Waals surface area contributed by atoms with Crippen molar-refractivity contribution in [1.29, 1.82) is 0 Å². The van der Waals surface area contributed by atoms with E-state index in [4.69, 9.17) is 0 Å². The first-order valence-corrected chi connectivity index (χ1v) is 2.94. The fourth-order valence-electron chi connectivity index (χ4n) is 0.153. The van der Waals surface area contributed by atoms with Gasteiger partial charge in [0.2, 0.25) is 0 Å². The molecule has 0 N–H and O–H groups in total. The Balaban J connectivity index is 2.63. The van der Waals surface area contributed by atoms with Gasteiger partial charge in [-0.15, -0.1) is 0 Å². The van der Waals surface area contributed by atoms with Crippen LogP contribution in [0.3, 0.4) is 0 Å². The molecule has 0 nitrogen and oxygen atoms in total. The van der Waals surface area contributed by atoms with Crippen molar-refractivity contribution in [3.8, 4) is 0 Å². The van der Waals surface area contributed by atoms with Crippen LogP contribution in [0.5, 0.6) is 0 Å². The fraction of sp³-hybridized carbons (Fsp3) is 0.750. The molecule has 0 bridgehead atoms. The second-order valence-corrected chi connectivity index (χ2v) is 2.51. The third kappa shape index (κ3) is 4.70. The largest absolute Gasteiger partial charge is 0.176 e. The SMILES string of the molecule is CC(S)C[CH]S. The Bertz CT molecular complexity index is 26.7. The number of thiol groups is 2. The zero-order chi connectivity index (χ0) is 4.99. The van der Waals surface area contributed by atoms with Gasteiger partial charge in [-0.1, -0.05) is 6.92 Å². The van der Waals surface area contributed by atoms with Crippen LogP contribution in [0.4, 0.5) is 0 Å².